The van der Waals surface area contributed by atoms with Crippen molar-refractivity contribution in [2.75, 3.05) is 60.2 Å². The summed E-state index contributed by atoms with van der Waals surface area (Å²) in [6.45, 7) is 5.01. The fourth-order valence-electron chi connectivity index (χ4n) is 4.59. The smallest absolute Gasteiger partial charge is 0.407 e. The molecule has 1 aromatic carbocycles. The number of nitrogens with zero attached hydrogens (tertiary/aromatic N) is 2. The number of methoxy groups -OCH3 is 1. The van der Waals surface area contributed by atoms with Crippen LogP contribution in [0.4, 0.5) is 14.4 Å². The SMILES string of the molecule is CCCN(CCC(OCCNC(=O)OC)c1cccc(Cl)c1)C(=O)N[C@@H](C[C@H]1CCCOC1)CN(C)C(=O)O. The van der Waals surface area contributed by atoms with Gasteiger partial charge in [-0.1, -0.05) is 30.7 Å². The minimum Gasteiger partial charge on any atom is -0.465 e. The summed E-state index contributed by atoms with van der Waals surface area (Å²) in [5.41, 5.74) is 0.871. The van der Waals surface area contributed by atoms with Gasteiger partial charge in [0.1, 0.15) is 0 Å². The van der Waals surface area contributed by atoms with Gasteiger partial charge in [-0.25, -0.2) is 14.4 Å². The summed E-state index contributed by atoms with van der Waals surface area (Å²) >= 11 is 6.22. The molecule has 1 unspecified atom stereocenters. The molecule has 3 N–H and O–H groups in total. The van der Waals surface area contributed by atoms with E-state index in [1.54, 1.807) is 11.0 Å². The lowest BCUT2D eigenvalue weighted by Crippen LogP contribution is -2.50. The van der Waals surface area contributed by atoms with Crippen molar-refractivity contribution in [2.45, 2.75) is 51.2 Å². The first kappa shape index (κ1) is 32.5. The van der Waals surface area contributed by atoms with E-state index in [0.717, 1.165) is 31.4 Å². The Morgan fingerprint density at radius 1 is 1.28 bits per heavy atom. The molecule has 0 radical (unpaired) electrons. The molecule has 0 bridgehead atoms. The van der Waals surface area contributed by atoms with E-state index in [2.05, 4.69) is 15.4 Å². The second kappa shape index (κ2) is 17.8. The summed E-state index contributed by atoms with van der Waals surface area (Å²) < 4.78 is 16.3. The summed E-state index contributed by atoms with van der Waals surface area (Å²) in [5, 5.41) is 15.6. The fraction of sp³-hybridized carbons (Fsp3) is 0.667. The molecule has 0 spiro atoms. The predicted octanol–water partition coefficient (Wildman–Crippen LogP) is 4.36. The number of hydrogen-bond donors (Lipinski definition) is 3. The summed E-state index contributed by atoms with van der Waals surface area (Å²) in [7, 11) is 2.80. The number of rotatable bonds is 15. The molecule has 0 aromatic heterocycles. The predicted molar refractivity (Wildman–Crippen MR) is 148 cm³/mol. The first-order chi connectivity index (χ1) is 18.7. The Morgan fingerprint density at radius 3 is 2.72 bits per heavy atom. The zero-order valence-electron chi connectivity index (χ0n) is 23.2. The second-order valence-electron chi connectivity index (χ2n) is 9.74. The van der Waals surface area contributed by atoms with Crippen molar-refractivity contribution in [1.82, 2.24) is 20.4 Å². The third kappa shape index (κ3) is 12.3. The van der Waals surface area contributed by atoms with Crippen molar-refractivity contribution in [2.24, 2.45) is 5.92 Å². The van der Waals surface area contributed by atoms with E-state index in [-0.39, 0.29) is 43.8 Å². The number of benzene rings is 1. The van der Waals surface area contributed by atoms with E-state index in [9.17, 15) is 19.5 Å². The van der Waals surface area contributed by atoms with Gasteiger partial charge in [-0.3, -0.25) is 0 Å². The van der Waals surface area contributed by atoms with Crippen molar-refractivity contribution in [1.29, 1.82) is 0 Å². The van der Waals surface area contributed by atoms with Gasteiger partial charge >= 0.3 is 18.2 Å². The largest absolute Gasteiger partial charge is 0.465 e. The van der Waals surface area contributed by atoms with Crippen molar-refractivity contribution in [3.05, 3.63) is 34.9 Å². The van der Waals surface area contributed by atoms with Gasteiger partial charge in [0.15, 0.2) is 0 Å². The Hall–Kier alpha value is -2.76. The first-order valence-corrected chi connectivity index (χ1v) is 13.9. The minimum absolute atomic E-state index is 0.193. The molecule has 1 aliphatic rings. The Labute approximate surface area is 236 Å². The number of halogens is 1. The fourth-order valence-corrected chi connectivity index (χ4v) is 4.79. The number of likely N-dealkylation sites (N-methyl/N-ethyl adjacent to an activating group) is 1. The van der Waals surface area contributed by atoms with Crippen LogP contribution in [0.3, 0.4) is 0 Å². The normalized spacial score (nSPS) is 16.6. The molecule has 1 saturated heterocycles. The Bertz CT molecular complexity index is 901. The van der Waals surface area contributed by atoms with Crippen LogP contribution in [0.5, 0.6) is 0 Å². The Morgan fingerprint density at radius 2 is 2.08 bits per heavy atom. The Kier molecular flexibility index (Phi) is 14.8. The molecule has 0 aliphatic carbocycles. The maximum Gasteiger partial charge on any atom is 0.407 e. The van der Waals surface area contributed by atoms with Gasteiger partial charge in [0.05, 0.1) is 19.8 Å². The zero-order valence-corrected chi connectivity index (χ0v) is 24.0. The lowest BCUT2D eigenvalue weighted by Gasteiger charge is -2.32. The lowest BCUT2D eigenvalue weighted by atomic mass is 9.94. The van der Waals surface area contributed by atoms with E-state index in [4.69, 9.17) is 21.1 Å². The van der Waals surface area contributed by atoms with Crippen LogP contribution in [0.15, 0.2) is 24.3 Å². The van der Waals surface area contributed by atoms with Crippen molar-refractivity contribution >= 4 is 29.8 Å². The van der Waals surface area contributed by atoms with Crippen LogP contribution in [0.1, 0.15) is 50.7 Å². The van der Waals surface area contributed by atoms with Crippen LogP contribution >= 0.6 is 11.6 Å². The Balaban J connectivity index is 2.06. The molecule has 11 nitrogen and oxygen atoms in total. The number of ether oxygens (including phenoxy) is 3. The molecule has 3 atom stereocenters. The van der Waals surface area contributed by atoms with E-state index in [0.29, 0.717) is 37.6 Å². The molecular weight excluding hydrogens is 528 g/mol. The van der Waals surface area contributed by atoms with Gasteiger partial charge in [0.25, 0.3) is 0 Å². The van der Waals surface area contributed by atoms with Crippen LogP contribution in [0.25, 0.3) is 0 Å². The summed E-state index contributed by atoms with van der Waals surface area (Å²) in [6.07, 6.45) is 1.92. The number of alkyl carbamates (subject to hydrolysis) is 1. The van der Waals surface area contributed by atoms with Gasteiger partial charge in [-0.2, -0.15) is 0 Å². The number of amides is 4. The molecule has 1 aromatic rings. The highest BCUT2D eigenvalue weighted by Crippen LogP contribution is 2.25. The van der Waals surface area contributed by atoms with Gasteiger partial charge in [0, 0.05) is 57.5 Å². The van der Waals surface area contributed by atoms with Crippen LogP contribution in [-0.2, 0) is 14.2 Å². The average Bonchev–Trinajstić information content (AvgIpc) is 2.92. The summed E-state index contributed by atoms with van der Waals surface area (Å²) in [6, 6.07) is 6.79. The average molecular weight is 571 g/mol. The zero-order chi connectivity index (χ0) is 28.6. The highest BCUT2D eigenvalue weighted by molar-refractivity contribution is 6.30. The minimum atomic E-state index is -1.04. The topological polar surface area (TPSA) is 130 Å². The third-order valence-electron chi connectivity index (χ3n) is 6.56. The van der Waals surface area contributed by atoms with E-state index >= 15 is 0 Å². The number of nitrogens with one attached hydrogen (secondary N) is 2. The molecule has 1 fully saturated rings. The molecule has 4 amide bonds. The maximum atomic E-state index is 13.4. The summed E-state index contributed by atoms with van der Waals surface area (Å²) in [5.74, 6) is 0.269. The third-order valence-corrected chi connectivity index (χ3v) is 6.79. The van der Waals surface area contributed by atoms with Crippen molar-refractivity contribution in [3.63, 3.8) is 0 Å². The quantitative estimate of drug-likeness (QED) is 0.267. The van der Waals surface area contributed by atoms with Crippen LogP contribution < -0.4 is 10.6 Å². The highest BCUT2D eigenvalue weighted by atomic mass is 35.5. The van der Waals surface area contributed by atoms with Gasteiger partial charge in [-0.15, -0.1) is 0 Å². The maximum absolute atomic E-state index is 13.4. The second-order valence-corrected chi connectivity index (χ2v) is 10.2. The van der Waals surface area contributed by atoms with Gasteiger partial charge in [-0.05, 0) is 55.7 Å². The van der Waals surface area contributed by atoms with Crippen LogP contribution in [-0.4, -0.2) is 99.3 Å². The van der Waals surface area contributed by atoms with Crippen molar-refractivity contribution in [3.8, 4) is 0 Å². The van der Waals surface area contributed by atoms with E-state index in [1.807, 2.05) is 25.1 Å². The number of hydrogen-bond acceptors (Lipinski definition) is 6. The standard InChI is InChI=1S/C27H43ClN4O7/c1-4-12-32(25(33)30-23(18-31(2)27(35)36)16-20-7-6-14-38-19-20)13-10-24(21-8-5-9-22(28)17-21)39-15-11-29-26(34)37-3/h5,8-9,17,20,23-24H,4,6-7,10-16,18-19H2,1-3H3,(H,29,34)(H,30,33)(H,35,36)/t20-,23+,24?/m1/s1. The molecule has 12 heteroatoms. The highest BCUT2D eigenvalue weighted by Gasteiger charge is 2.26. The molecule has 2 rings (SSSR count). The molecular formula is C27H43ClN4O7. The molecule has 39 heavy (non-hydrogen) atoms. The number of carbonyl (C=O) groups excluding carboxylic acids is 2. The lowest BCUT2D eigenvalue weighted by molar-refractivity contribution is 0.0413. The van der Waals surface area contributed by atoms with E-state index in [1.165, 1.54) is 19.1 Å². The van der Waals surface area contributed by atoms with E-state index < -0.39 is 12.2 Å². The number of carbonyl (C=O) groups is 3. The monoisotopic (exact) mass is 570 g/mol. The molecule has 1 heterocycles. The number of urea groups is 1. The first-order valence-electron chi connectivity index (χ1n) is 13.5. The van der Waals surface area contributed by atoms with Gasteiger partial charge in [0.2, 0.25) is 0 Å². The van der Waals surface area contributed by atoms with Crippen LogP contribution in [0.2, 0.25) is 5.02 Å². The molecule has 1 aliphatic heterocycles. The van der Waals surface area contributed by atoms with Gasteiger partial charge < -0.3 is 39.8 Å². The number of carboxylic acid groups (broad SMARTS) is 1. The molecule has 220 valence electrons. The van der Waals surface area contributed by atoms with Crippen molar-refractivity contribution < 1.29 is 33.7 Å². The summed E-state index contributed by atoms with van der Waals surface area (Å²) in [4.78, 5) is 39.2. The van der Waals surface area contributed by atoms with Crippen LogP contribution in [0, 0.1) is 5.92 Å². The molecule has 0 saturated carbocycles.